The highest BCUT2D eigenvalue weighted by atomic mass is 35.5. The van der Waals surface area contributed by atoms with Gasteiger partial charge in [0.05, 0.1) is 35.4 Å². The summed E-state index contributed by atoms with van der Waals surface area (Å²) in [5, 5.41) is 24.1. The van der Waals surface area contributed by atoms with Crippen LogP contribution in [-0.4, -0.2) is 61.7 Å². The van der Waals surface area contributed by atoms with Crippen LogP contribution in [0.4, 0.5) is 8.78 Å². The molecule has 5 rings (SSSR count). The van der Waals surface area contributed by atoms with E-state index in [1.807, 2.05) is 13.0 Å². The number of ether oxygens (including phenoxy) is 1. The molecule has 41 heavy (non-hydrogen) atoms. The summed E-state index contributed by atoms with van der Waals surface area (Å²) in [5.41, 5.74) is 2.08. The molecule has 0 radical (unpaired) electrons. The number of fused-ring (bicyclic) bond motifs is 3. The van der Waals surface area contributed by atoms with E-state index in [4.69, 9.17) is 11.6 Å². The summed E-state index contributed by atoms with van der Waals surface area (Å²) >= 11 is 6.03. The van der Waals surface area contributed by atoms with Crippen molar-refractivity contribution in [1.29, 1.82) is 5.26 Å². The fourth-order valence-electron chi connectivity index (χ4n) is 5.30. The first-order chi connectivity index (χ1) is 19.5. The second-order valence-corrected chi connectivity index (χ2v) is 10.4. The molecule has 13 heteroatoms. The lowest BCUT2D eigenvalue weighted by molar-refractivity contribution is -0.142. The van der Waals surface area contributed by atoms with E-state index in [2.05, 4.69) is 9.84 Å². The maximum absolute atomic E-state index is 13.9. The number of nitrogens with zero attached hydrogens (tertiary/aromatic N) is 5. The molecule has 0 aliphatic carbocycles. The van der Waals surface area contributed by atoms with E-state index in [0.29, 0.717) is 23.2 Å². The third kappa shape index (κ3) is 5.09. The van der Waals surface area contributed by atoms with Gasteiger partial charge in [-0.2, -0.15) is 19.1 Å². The summed E-state index contributed by atoms with van der Waals surface area (Å²) in [5.74, 6) is -2.05. The molecule has 2 aliphatic rings. The maximum atomic E-state index is 13.9. The number of aromatic nitrogens is 2. The van der Waals surface area contributed by atoms with Crippen molar-refractivity contribution < 1.29 is 33.0 Å². The Kier molecular flexibility index (Phi) is 7.40. The maximum Gasteiger partial charge on any atom is 0.387 e. The summed E-state index contributed by atoms with van der Waals surface area (Å²) in [6.07, 6.45) is 0.292. The number of alkyl halides is 2. The van der Waals surface area contributed by atoms with Gasteiger partial charge in [-0.1, -0.05) is 23.7 Å². The molecule has 3 heterocycles. The fourth-order valence-corrected chi connectivity index (χ4v) is 5.46. The van der Waals surface area contributed by atoms with Gasteiger partial charge in [-0.25, -0.2) is 9.48 Å². The van der Waals surface area contributed by atoms with Gasteiger partial charge in [0.2, 0.25) is 0 Å². The van der Waals surface area contributed by atoms with Crippen molar-refractivity contribution in [3.8, 4) is 11.8 Å². The number of halogens is 3. The number of benzene rings is 2. The molecule has 0 fully saturated rings. The summed E-state index contributed by atoms with van der Waals surface area (Å²) in [4.78, 5) is 42.7. The largest absolute Gasteiger partial charge is 0.480 e. The minimum Gasteiger partial charge on any atom is -0.480 e. The van der Waals surface area contributed by atoms with Gasteiger partial charge in [-0.3, -0.25) is 9.59 Å². The SMILES string of the molecule is CC(c1ccc(OC(F)F)cc1)N1C[C@@H](C(=O)O)n2nc3c(c2C1=O)CN(C(=O)c1ccc(Cl)c(C#N)c1)[C@H](C)C3. The van der Waals surface area contributed by atoms with Crippen molar-refractivity contribution in [3.05, 3.63) is 81.1 Å². The number of carboxylic acid groups (broad SMARTS) is 1. The Balaban J connectivity index is 1.48. The van der Waals surface area contributed by atoms with Crippen LogP contribution in [0.3, 0.4) is 0 Å². The van der Waals surface area contributed by atoms with E-state index >= 15 is 0 Å². The monoisotopic (exact) mass is 583 g/mol. The summed E-state index contributed by atoms with van der Waals surface area (Å²) < 4.78 is 30.7. The molecule has 10 nitrogen and oxygen atoms in total. The number of hydrogen-bond acceptors (Lipinski definition) is 6. The van der Waals surface area contributed by atoms with Crippen LogP contribution >= 0.6 is 11.6 Å². The third-order valence-electron chi connectivity index (χ3n) is 7.50. The van der Waals surface area contributed by atoms with Crippen molar-refractivity contribution in [1.82, 2.24) is 19.6 Å². The van der Waals surface area contributed by atoms with Crippen molar-refractivity contribution in [2.24, 2.45) is 0 Å². The van der Waals surface area contributed by atoms with Crippen molar-refractivity contribution in [3.63, 3.8) is 0 Å². The number of aliphatic carboxylic acids is 1. The van der Waals surface area contributed by atoms with Gasteiger partial charge in [-0.05, 0) is 49.7 Å². The molecule has 2 amide bonds. The first-order valence-electron chi connectivity index (χ1n) is 12.7. The lowest BCUT2D eigenvalue weighted by atomic mass is 9.96. The molecule has 0 spiro atoms. The van der Waals surface area contributed by atoms with Gasteiger partial charge < -0.3 is 19.6 Å². The van der Waals surface area contributed by atoms with E-state index < -0.39 is 30.6 Å². The first-order valence-corrected chi connectivity index (χ1v) is 13.1. The molecule has 0 saturated carbocycles. The third-order valence-corrected chi connectivity index (χ3v) is 7.83. The Hall–Kier alpha value is -4.50. The summed E-state index contributed by atoms with van der Waals surface area (Å²) in [6, 6.07) is 10.0. The number of rotatable bonds is 6. The summed E-state index contributed by atoms with van der Waals surface area (Å²) in [7, 11) is 0. The molecule has 2 aliphatic heterocycles. The van der Waals surface area contributed by atoms with E-state index in [0.717, 1.165) is 0 Å². The second-order valence-electron chi connectivity index (χ2n) is 9.95. The number of carbonyl (C=O) groups is 3. The van der Waals surface area contributed by atoms with Crippen LogP contribution in [0.1, 0.15) is 69.2 Å². The highest BCUT2D eigenvalue weighted by molar-refractivity contribution is 6.31. The number of amides is 2. The predicted octanol–water partition coefficient (Wildman–Crippen LogP) is 4.44. The van der Waals surface area contributed by atoms with Gasteiger partial charge in [0.25, 0.3) is 11.8 Å². The van der Waals surface area contributed by atoms with Crippen LogP contribution in [-0.2, 0) is 17.8 Å². The lowest BCUT2D eigenvalue weighted by Gasteiger charge is -2.37. The van der Waals surface area contributed by atoms with Crippen LogP contribution in [0.25, 0.3) is 0 Å². The molecule has 1 aromatic heterocycles. The minimum atomic E-state index is -2.98. The number of hydrogen-bond donors (Lipinski definition) is 1. The molecular weight excluding hydrogens is 560 g/mol. The van der Waals surface area contributed by atoms with Gasteiger partial charge in [0.1, 0.15) is 17.5 Å². The quantitative estimate of drug-likeness (QED) is 0.454. The van der Waals surface area contributed by atoms with Crippen LogP contribution in [0.15, 0.2) is 42.5 Å². The first kappa shape index (κ1) is 28.0. The average Bonchev–Trinajstić information content (AvgIpc) is 3.30. The topological polar surface area (TPSA) is 129 Å². The molecule has 212 valence electrons. The Morgan fingerprint density at radius 2 is 1.93 bits per heavy atom. The van der Waals surface area contributed by atoms with E-state index in [1.165, 1.54) is 52.0 Å². The average molecular weight is 584 g/mol. The van der Waals surface area contributed by atoms with Crippen LogP contribution in [0.5, 0.6) is 5.75 Å². The Morgan fingerprint density at radius 1 is 1.22 bits per heavy atom. The number of carboxylic acids is 1. The van der Waals surface area contributed by atoms with Crippen molar-refractivity contribution in [2.45, 2.75) is 51.6 Å². The minimum absolute atomic E-state index is 0.00907. The van der Waals surface area contributed by atoms with Crippen LogP contribution in [0, 0.1) is 11.3 Å². The van der Waals surface area contributed by atoms with Crippen LogP contribution in [0.2, 0.25) is 5.02 Å². The molecule has 3 aromatic rings. The van der Waals surface area contributed by atoms with Crippen molar-refractivity contribution in [2.75, 3.05) is 6.54 Å². The number of nitriles is 1. The smallest absolute Gasteiger partial charge is 0.387 e. The molecular formula is C28H24ClF2N5O5. The summed E-state index contributed by atoms with van der Waals surface area (Å²) in [6.45, 7) is 0.399. The van der Waals surface area contributed by atoms with Gasteiger partial charge in [0, 0.05) is 23.6 Å². The second kappa shape index (κ2) is 10.8. The molecule has 0 bridgehead atoms. The number of carbonyl (C=O) groups excluding carboxylic acids is 2. The molecule has 2 aromatic carbocycles. The Morgan fingerprint density at radius 3 is 2.56 bits per heavy atom. The van der Waals surface area contributed by atoms with Crippen molar-refractivity contribution >= 4 is 29.4 Å². The van der Waals surface area contributed by atoms with Gasteiger partial charge >= 0.3 is 12.6 Å². The Bertz CT molecular complexity index is 1590. The predicted molar refractivity (Wildman–Crippen MR) is 141 cm³/mol. The van der Waals surface area contributed by atoms with Gasteiger partial charge in [-0.15, -0.1) is 0 Å². The van der Waals surface area contributed by atoms with Gasteiger partial charge in [0.15, 0.2) is 6.04 Å². The zero-order valence-electron chi connectivity index (χ0n) is 21.9. The zero-order chi connectivity index (χ0) is 29.6. The lowest BCUT2D eigenvalue weighted by Crippen LogP contribution is -2.47. The fraction of sp³-hybridized carbons (Fsp3) is 0.321. The molecule has 1 unspecified atom stereocenters. The standard InChI is InChI=1S/C28H24ClF2N5O5/c1-14-9-22-20(12-34(14)25(37)17-5-8-21(29)18(10-17)11-32)24-26(38)35(13-23(27(39)40)36(24)33-22)15(2)16-3-6-19(7-4-16)41-28(30)31/h3-8,10,14-15,23,28H,9,12-13H2,1-2H3,(H,39,40)/t14-,15?,23+/m1/s1. The molecule has 0 saturated heterocycles. The Labute approximate surface area is 238 Å². The van der Waals surface area contributed by atoms with E-state index in [9.17, 15) is 33.5 Å². The molecule has 1 N–H and O–H groups in total. The highest BCUT2D eigenvalue weighted by Crippen LogP contribution is 2.36. The highest BCUT2D eigenvalue weighted by Gasteiger charge is 2.43. The van der Waals surface area contributed by atoms with E-state index in [1.54, 1.807) is 11.8 Å². The molecule has 3 atom stereocenters. The zero-order valence-corrected chi connectivity index (χ0v) is 22.7. The van der Waals surface area contributed by atoms with Crippen LogP contribution < -0.4 is 4.74 Å². The van der Waals surface area contributed by atoms with E-state index in [-0.39, 0.29) is 52.6 Å². The normalized spacial score (nSPS) is 18.9.